The Labute approximate surface area is 135 Å². The molecule has 1 fully saturated rings. The van der Waals surface area contributed by atoms with Gasteiger partial charge in [0.1, 0.15) is 0 Å². The molecule has 4 heteroatoms. The number of halogens is 1. The molecule has 0 spiro atoms. The smallest absolute Gasteiger partial charge is 0.0701 e. The third-order valence-corrected chi connectivity index (χ3v) is 6.14. The van der Waals surface area contributed by atoms with Crippen LogP contribution in [0.3, 0.4) is 0 Å². The summed E-state index contributed by atoms with van der Waals surface area (Å²) in [7, 11) is 0. The van der Waals surface area contributed by atoms with Crippen molar-refractivity contribution in [2.24, 2.45) is 11.8 Å². The van der Waals surface area contributed by atoms with Crippen molar-refractivity contribution in [1.29, 1.82) is 0 Å². The molecule has 0 aromatic carbocycles. The molecular weight excluding hydrogens is 334 g/mol. The summed E-state index contributed by atoms with van der Waals surface area (Å²) in [4.78, 5) is 1.45. The van der Waals surface area contributed by atoms with Crippen LogP contribution in [0.25, 0.3) is 0 Å². The molecule has 5 atom stereocenters. The highest BCUT2D eigenvalue weighted by Crippen LogP contribution is 2.36. The monoisotopic (exact) mass is 359 g/mol. The van der Waals surface area contributed by atoms with Crippen LogP contribution in [0.15, 0.2) is 15.9 Å². The minimum Gasteiger partial charge on any atom is -0.375 e. The summed E-state index contributed by atoms with van der Waals surface area (Å²) in [5.74, 6) is 1.21. The Bertz CT molecular complexity index is 422. The standard InChI is InChI=1S/C16H26BrNOS/c1-5-8-18-14(9-13-6-7-15(17)20-13)16-10(2)11(3)19-12(16)4/h6-7,10-12,14,16,18H,5,8-9H2,1-4H3. The topological polar surface area (TPSA) is 21.3 Å². The molecule has 2 rings (SSSR count). The highest BCUT2D eigenvalue weighted by atomic mass is 79.9. The molecule has 2 heterocycles. The van der Waals surface area contributed by atoms with Gasteiger partial charge in [-0.3, -0.25) is 0 Å². The molecular formula is C16H26BrNOS. The second kappa shape index (κ2) is 7.39. The Morgan fingerprint density at radius 2 is 2.05 bits per heavy atom. The van der Waals surface area contributed by atoms with Gasteiger partial charge in [0.25, 0.3) is 0 Å². The normalized spacial score (nSPS) is 31.6. The zero-order chi connectivity index (χ0) is 14.7. The fourth-order valence-electron chi connectivity index (χ4n) is 3.34. The lowest BCUT2D eigenvalue weighted by atomic mass is 9.82. The Morgan fingerprint density at radius 1 is 1.30 bits per heavy atom. The lowest BCUT2D eigenvalue weighted by Crippen LogP contribution is -2.43. The summed E-state index contributed by atoms with van der Waals surface area (Å²) >= 11 is 5.41. The van der Waals surface area contributed by atoms with Crippen molar-refractivity contribution in [2.45, 2.75) is 58.8 Å². The van der Waals surface area contributed by atoms with E-state index < -0.39 is 0 Å². The lowest BCUT2D eigenvalue weighted by Gasteiger charge is -2.29. The molecule has 0 amide bonds. The van der Waals surface area contributed by atoms with E-state index in [1.165, 1.54) is 15.1 Å². The maximum absolute atomic E-state index is 6.04. The van der Waals surface area contributed by atoms with Gasteiger partial charge in [0.15, 0.2) is 0 Å². The summed E-state index contributed by atoms with van der Waals surface area (Å²) in [5, 5.41) is 3.76. The van der Waals surface area contributed by atoms with Crippen molar-refractivity contribution in [3.8, 4) is 0 Å². The largest absolute Gasteiger partial charge is 0.375 e. The van der Waals surface area contributed by atoms with Crippen molar-refractivity contribution < 1.29 is 4.74 Å². The Balaban J connectivity index is 2.10. The molecule has 1 aliphatic heterocycles. The molecule has 0 saturated carbocycles. The second-order valence-corrected chi connectivity index (χ2v) is 8.50. The van der Waals surface area contributed by atoms with E-state index in [9.17, 15) is 0 Å². The zero-order valence-electron chi connectivity index (χ0n) is 12.9. The predicted octanol–water partition coefficient (Wildman–Crippen LogP) is 4.48. The van der Waals surface area contributed by atoms with Gasteiger partial charge < -0.3 is 10.1 Å². The first-order valence-electron chi connectivity index (χ1n) is 7.66. The first-order valence-corrected chi connectivity index (χ1v) is 9.27. The van der Waals surface area contributed by atoms with Crippen molar-refractivity contribution in [2.75, 3.05) is 6.54 Å². The third kappa shape index (κ3) is 3.85. The van der Waals surface area contributed by atoms with Gasteiger partial charge in [0.2, 0.25) is 0 Å². The maximum atomic E-state index is 6.04. The van der Waals surface area contributed by atoms with Gasteiger partial charge in [0, 0.05) is 16.8 Å². The molecule has 1 N–H and O–H groups in total. The minimum absolute atomic E-state index is 0.345. The van der Waals surface area contributed by atoms with Crippen molar-refractivity contribution in [3.63, 3.8) is 0 Å². The number of hydrogen-bond donors (Lipinski definition) is 1. The Morgan fingerprint density at radius 3 is 2.55 bits per heavy atom. The van der Waals surface area contributed by atoms with Crippen LogP contribution in [-0.2, 0) is 11.2 Å². The van der Waals surface area contributed by atoms with Crippen LogP contribution in [0.5, 0.6) is 0 Å². The molecule has 0 bridgehead atoms. The fraction of sp³-hybridized carbons (Fsp3) is 0.750. The first-order chi connectivity index (χ1) is 9.52. The van der Waals surface area contributed by atoms with Gasteiger partial charge in [-0.05, 0) is 67.2 Å². The van der Waals surface area contributed by atoms with Crippen molar-refractivity contribution >= 4 is 27.3 Å². The molecule has 0 aliphatic carbocycles. The molecule has 114 valence electrons. The quantitative estimate of drug-likeness (QED) is 0.808. The van der Waals surface area contributed by atoms with Crippen LogP contribution in [0.4, 0.5) is 0 Å². The maximum Gasteiger partial charge on any atom is 0.0701 e. The van der Waals surface area contributed by atoms with Gasteiger partial charge in [0.05, 0.1) is 16.0 Å². The van der Waals surface area contributed by atoms with E-state index >= 15 is 0 Å². The van der Waals surface area contributed by atoms with E-state index in [0.29, 0.717) is 30.1 Å². The van der Waals surface area contributed by atoms with Crippen LogP contribution in [0, 0.1) is 11.8 Å². The van der Waals surface area contributed by atoms with Gasteiger partial charge in [-0.15, -0.1) is 11.3 Å². The number of thiophene rings is 1. The van der Waals surface area contributed by atoms with E-state index in [-0.39, 0.29) is 0 Å². The Kier molecular flexibility index (Phi) is 6.09. The van der Waals surface area contributed by atoms with E-state index in [4.69, 9.17) is 4.74 Å². The van der Waals surface area contributed by atoms with E-state index in [2.05, 4.69) is 61.1 Å². The number of rotatable bonds is 6. The predicted molar refractivity (Wildman–Crippen MR) is 90.5 cm³/mol. The fourth-order valence-corrected chi connectivity index (χ4v) is 4.88. The molecule has 1 aromatic rings. The summed E-state index contributed by atoms with van der Waals surface area (Å²) in [6.07, 6.45) is 3.00. The highest BCUT2D eigenvalue weighted by Gasteiger charge is 2.41. The molecule has 2 nitrogen and oxygen atoms in total. The van der Waals surface area contributed by atoms with E-state index in [0.717, 1.165) is 13.0 Å². The van der Waals surface area contributed by atoms with Crippen molar-refractivity contribution in [1.82, 2.24) is 5.32 Å². The molecule has 5 unspecified atom stereocenters. The number of nitrogens with one attached hydrogen (secondary N) is 1. The van der Waals surface area contributed by atoms with Gasteiger partial charge in [-0.25, -0.2) is 0 Å². The minimum atomic E-state index is 0.345. The van der Waals surface area contributed by atoms with Crippen LogP contribution >= 0.6 is 27.3 Å². The van der Waals surface area contributed by atoms with Crippen LogP contribution in [-0.4, -0.2) is 24.8 Å². The van der Waals surface area contributed by atoms with Crippen LogP contribution in [0.1, 0.15) is 39.0 Å². The van der Waals surface area contributed by atoms with E-state index in [1.807, 2.05) is 11.3 Å². The molecule has 1 aliphatic rings. The average molecular weight is 360 g/mol. The van der Waals surface area contributed by atoms with Gasteiger partial charge in [-0.1, -0.05) is 13.8 Å². The zero-order valence-corrected chi connectivity index (χ0v) is 15.3. The molecule has 20 heavy (non-hydrogen) atoms. The second-order valence-electron chi connectivity index (χ2n) is 5.95. The molecule has 1 aromatic heterocycles. The van der Waals surface area contributed by atoms with Gasteiger partial charge in [-0.2, -0.15) is 0 Å². The highest BCUT2D eigenvalue weighted by molar-refractivity contribution is 9.11. The summed E-state index contributed by atoms with van der Waals surface area (Å²) in [6, 6.07) is 4.90. The first kappa shape index (κ1) is 16.5. The third-order valence-electron chi connectivity index (χ3n) is 4.49. The number of ether oxygens (including phenoxy) is 1. The Hall–Kier alpha value is 0.1000. The number of hydrogen-bond acceptors (Lipinski definition) is 3. The average Bonchev–Trinajstić information content (AvgIpc) is 2.90. The van der Waals surface area contributed by atoms with Crippen LogP contribution in [0.2, 0.25) is 0 Å². The lowest BCUT2D eigenvalue weighted by molar-refractivity contribution is 0.0476. The van der Waals surface area contributed by atoms with Crippen LogP contribution < -0.4 is 5.32 Å². The summed E-state index contributed by atoms with van der Waals surface area (Å²) in [5.41, 5.74) is 0. The molecule has 0 radical (unpaired) electrons. The summed E-state index contributed by atoms with van der Waals surface area (Å²) < 4.78 is 7.27. The molecule has 1 saturated heterocycles. The summed E-state index contributed by atoms with van der Waals surface area (Å²) in [6.45, 7) is 10.1. The van der Waals surface area contributed by atoms with Gasteiger partial charge >= 0.3 is 0 Å². The SMILES string of the molecule is CCCNC(Cc1ccc(Br)s1)C1C(C)OC(C)C1C. The van der Waals surface area contributed by atoms with E-state index in [1.54, 1.807) is 0 Å². The van der Waals surface area contributed by atoms with Crippen molar-refractivity contribution in [3.05, 3.63) is 20.8 Å².